The molecule has 1 saturated carbocycles. The van der Waals surface area contributed by atoms with Crippen molar-refractivity contribution < 1.29 is 4.79 Å². The van der Waals surface area contributed by atoms with Crippen LogP contribution in [0.15, 0.2) is 24.3 Å². The molecule has 0 spiro atoms. The maximum atomic E-state index is 11.9. The second-order valence-electron chi connectivity index (χ2n) is 5.08. The predicted molar refractivity (Wildman–Crippen MR) is 69.1 cm³/mol. The van der Waals surface area contributed by atoms with Crippen molar-refractivity contribution in [2.75, 3.05) is 20.1 Å². The van der Waals surface area contributed by atoms with Gasteiger partial charge in [-0.15, -0.1) is 0 Å². The molecule has 0 radical (unpaired) electrons. The Morgan fingerprint density at radius 1 is 1.24 bits per heavy atom. The molecule has 0 bridgehead atoms. The zero-order valence-electron chi connectivity index (χ0n) is 10.5. The summed E-state index contributed by atoms with van der Waals surface area (Å²) >= 11 is 0. The summed E-state index contributed by atoms with van der Waals surface area (Å²) in [6.07, 6.45) is 2.42. The van der Waals surface area contributed by atoms with E-state index in [-0.39, 0.29) is 5.91 Å². The van der Waals surface area contributed by atoms with Gasteiger partial charge in [0, 0.05) is 24.1 Å². The number of nitrogens with one attached hydrogen (secondary N) is 2. The van der Waals surface area contributed by atoms with Crippen molar-refractivity contribution in [1.82, 2.24) is 10.6 Å². The van der Waals surface area contributed by atoms with Crippen LogP contribution in [-0.2, 0) is 0 Å². The predicted octanol–water partition coefficient (Wildman–Crippen LogP) is 1.72. The fourth-order valence-corrected chi connectivity index (χ4v) is 2.04. The average Bonchev–Trinajstić information content (AvgIpc) is 3.08. The average molecular weight is 232 g/mol. The molecule has 17 heavy (non-hydrogen) atoms. The summed E-state index contributed by atoms with van der Waals surface area (Å²) in [6.45, 7) is 3.79. The Hall–Kier alpha value is -1.35. The van der Waals surface area contributed by atoms with E-state index in [1.807, 2.05) is 38.2 Å². The lowest BCUT2D eigenvalue weighted by Gasteiger charge is -2.15. The van der Waals surface area contributed by atoms with Crippen molar-refractivity contribution in [3.63, 3.8) is 0 Å². The first-order valence-corrected chi connectivity index (χ1v) is 6.15. The number of carbonyl (C=O) groups is 1. The van der Waals surface area contributed by atoms with E-state index in [0.29, 0.717) is 5.41 Å². The van der Waals surface area contributed by atoms with Gasteiger partial charge in [0.2, 0.25) is 0 Å². The summed E-state index contributed by atoms with van der Waals surface area (Å²) in [7, 11) is 1.96. The van der Waals surface area contributed by atoms with Gasteiger partial charge in [-0.1, -0.05) is 17.7 Å². The molecule has 1 aliphatic carbocycles. The fourth-order valence-electron chi connectivity index (χ4n) is 2.04. The number of hydrogen-bond acceptors (Lipinski definition) is 2. The monoisotopic (exact) mass is 232 g/mol. The molecule has 2 N–H and O–H groups in total. The van der Waals surface area contributed by atoms with Gasteiger partial charge in [0.1, 0.15) is 0 Å². The molecule has 3 heteroatoms. The molecular weight excluding hydrogens is 212 g/mol. The van der Waals surface area contributed by atoms with E-state index in [2.05, 4.69) is 10.6 Å². The second kappa shape index (κ2) is 4.88. The van der Waals surface area contributed by atoms with Crippen molar-refractivity contribution >= 4 is 5.91 Å². The van der Waals surface area contributed by atoms with E-state index in [0.717, 1.165) is 18.7 Å². The molecule has 2 rings (SSSR count). The summed E-state index contributed by atoms with van der Waals surface area (Å²) in [5.41, 5.74) is 2.24. The van der Waals surface area contributed by atoms with Gasteiger partial charge in [-0.25, -0.2) is 0 Å². The normalized spacial score (nSPS) is 16.6. The SMILES string of the molecule is CNCC1(CNC(=O)c2ccc(C)cc2)CC1. The van der Waals surface area contributed by atoms with Gasteiger partial charge in [-0.05, 0) is 38.9 Å². The maximum Gasteiger partial charge on any atom is 0.251 e. The van der Waals surface area contributed by atoms with Gasteiger partial charge < -0.3 is 10.6 Å². The standard InChI is InChI=1S/C14H20N2O/c1-11-3-5-12(6-4-11)13(17)16-10-14(7-8-14)9-15-2/h3-6,15H,7-10H2,1-2H3,(H,16,17). The highest BCUT2D eigenvalue weighted by Gasteiger charge is 2.41. The first-order chi connectivity index (χ1) is 8.15. The molecule has 0 aromatic heterocycles. The third-order valence-corrected chi connectivity index (χ3v) is 3.45. The van der Waals surface area contributed by atoms with E-state index >= 15 is 0 Å². The summed E-state index contributed by atoms with van der Waals surface area (Å²) in [6, 6.07) is 7.69. The van der Waals surface area contributed by atoms with E-state index in [1.165, 1.54) is 18.4 Å². The highest BCUT2D eigenvalue weighted by atomic mass is 16.1. The highest BCUT2D eigenvalue weighted by molar-refractivity contribution is 5.94. The first kappa shape index (κ1) is 12.1. The van der Waals surface area contributed by atoms with E-state index in [4.69, 9.17) is 0 Å². The lowest BCUT2D eigenvalue weighted by molar-refractivity contribution is 0.0945. The van der Waals surface area contributed by atoms with Crippen LogP contribution < -0.4 is 10.6 Å². The number of benzene rings is 1. The molecule has 1 aliphatic rings. The van der Waals surface area contributed by atoms with Crippen LogP contribution in [0.3, 0.4) is 0 Å². The lowest BCUT2D eigenvalue weighted by Crippen LogP contribution is -2.34. The number of hydrogen-bond donors (Lipinski definition) is 2. The third kappa shape index (κ3) is 3.07. The lowest BCUT2D eigenvalue weighted by atomic mass is 10.1. The smallest absolute Gasteiger partial charge is 0.251 e. The van der Waals surface area contributed by atoms with Gasteiger partial charge in [0.25, 0.3) is 5.91 Å². The molecule has 1 amide bonds. The van der Waals surface area contributed by atoms with Gasteiger partial charge in [0.05, 0.1) is 0 Å². The molecule has 0 unspecified atom stereocenters. The molecule has 1 fully saturated rings. The van der Waals surface area contributed by atoms with E-state index in [9.17, 15) is 4.79 Å². The zero-order chi connectivity index (χ0) is 12.3. The molecule has 1 aromatic rings. The van der Waals surface area contributed by atoms with Crippen molar-refractivity contribution in [2.45, 2.75) is 19.8 Å². The van der Waals surface area contributed by atoms with Crippen LogP contribution in [0.1, 0.15) is 28.8 Å². The molecule has 0 heterocycles. The topological polar surface area (TPSA) is 41.1 Å². The maximum absolute atomic E-state index is 11.9. The van der Waals surface area contributed by atoms with Crippen molar-refractivity contribution in [2.24, 2.45) is 5.41 Å². The molecule has 0 aliphatic heterocycles. The molecule has 0 atom stereocenters. The van der Waals surface area contributed by atoms with Crippen LogP contribution in [0.5, 0.6) is 0 Å². The first-order valence-electron chi connectivity index (χ1n) is 6.15. The highest BCUT2D eigenvalue weighted by Crippen LogP contribution is 2.44. The molecule has 1 aromatic carbocycles. The van der Waals surface area contributed by atoms with Gasteiger partial charge in [-0.2, -0.15) is 0 Å². The number of aryl methyl sites for hydroxylation is 1. The molecule has 3 nitrogen and oxygen atoms in total. The minimum absolute atomic E-state index is 0.0346. The Bertz CT molecular complexity index is 393. The van der Waals surface area contributed by atoms with Crippen molar-refractivity contribution in [3.05, 3.63) is 35.4 Å². The number of amides is 1. The Morgan fingerprint density at radius 2 is 1.88 bits per heavy atom. The van der Waals surface area contributed by atoms with Crippen LogP contribution in [-0.4, -0.2) is 26.0 Å². The van der Waals surface area contributed by atoms with Gasteiger partial charge in [-0.3, -0.25) is 4.79 Å². The quantitative estimate of drug-likeness (QED) is 0.811. The van der Waals surface area contributed by atoms with Gasteiger partial charge in [0.15, 0.2) is 0 Å². The molecule has 0 saturated heterocycles. The largest absolute Gasteiger partial charge is 0.351 e. The van der Waals surface area contributed by atoms with Crippen LogP contribution in [0.4, 0.5) is 0 Å². The van der Waals surface area contributed by atoms with E-state index in [1.54, 1.807) is 0 Å². The van der Waals surface area contributed by atoms with Crippen LogP contribution in [0.25, 0.3) is 0 Å². The summed E-state index contributed by atoms with van der Waals surface area (Å²) < 4.78 is 0. The molecular formula is C14H20N2O. The van der Waals surface area contributed by atoms with Gasteiger partial charge >= 0.3 is 0 Å². The summed E-state index contributed by atoms with van der Waals surface area (Å²) in [5, 5.41) is 6.22. The van der Waals surface area contributed by atoms with Crippen LogP contribution in [0, 0.1) is 12.3 Å². The van der Waals surface area contributed by atoms with Crippen LogP contribution in [0.2, 0.25) is 0 Å². The van der Waals surface area contributed by atoms with Crippen molar-refractivity contribution in [1.29, 1.82) is 0 Å². The zero-order valence-corrected chi connectivity index (χ0v) is 10.5. The van der Waals surface area contributed by atoms with E-state index < -0.39 is 0 Å². The number of carbonyl (C=O) groups excluding carboxylic acids is 1. The Kier molecular flexibility index (Phi) is 3.48. The number of rotatable bonds is 5. The molecule has 92 valence electrons. The Balaban J connectivity index is 1.87. The Morgan fingerprint density at radius 3 is 2.41 bits per heavy atom. The summed E-state index contributed by atoms with van der Waals surface area (Å²) in [4.78, 5) is 11.9. The Labute approximate surface area is 103 Å². The van der Waals surface area contributed by atoms with Crippen LogP contribution >= 0.6 is 0 Å². The summed E-state index contributed by atoms with van der Waals surface area (Å²) in [5.74, 6) is 0.0346. The fraction of sp³-hybridized carbons (Fsp3) is 0.500. The van der Waals surface area contributed by atoms with Crippen molar-refractivity contribution in [3.8, 4) is 0 Å². The minimum Gasteiger partial charge on any atom is -0.351 e. The third-order valence-electron chi connectivity index (χ3n) is 3.45. The second-order valence-corrected chi connectivity index (χ2v) is 5.08. The minimum atomic E-state index is 0.0346.